The molecule has 2 nitrogen and oxygen atoms in total. The number of aromatic nitrogens is 1. The Morgan fingerprint density at radius 2 is 1.81 bits per heavy atom. The van der Waals surface area contributed by atoms with Crippen molar-refractivity contribution in [3.8, 4) is 0 Å². The molecule has 16 heavy (non-hydrogen) atoms. The van der Waals surface area contributed by atoms with Crippen LogP contribution in [-0.4, -0.2) is 12.0 Å². The number of fused-ring (bicyclic) bond motifs is 1. The Morgan fingerprint density at radius 3 is 2.44 bits per heavy atom. The van der Waals surface area contributed by atoms with Crippen molar-refractivity contribution in [2.45, 2.75) is 26.2 Å². The van der Waals surface area contributed by atoms with Gasteiger partial charge in [-0.2, -0.15) is 0 Å². The van der Waals surface area contributed by atoms with E-state index in [1.54, 1.807) is 0 Å². The van der Waals surface area contributed by atoms with Gasteiger partial charge in [0.2, 0.25) is 0 Å². The van der Waals surface area contributed by atoms with Crippen molar-refractivity contribution in [2.75, 3.05) is 12.4 Å². The average molecular weight is 214 g/mol. The lowest BCUT2D eigenvalue weighted by molar-refractivity contribution is 0.591. The third kappa shape index (κ3) is 2.01. The zero-order chi connectivity index (χ0) is 11.8. The van der Waals surface area contributed by atoms with E-state index in [-0.39, 0.29) is 5.41 Å². The van der Waals surface area contributed by atoms with Gasteiger partial charge in [-0.15, -0.1) is 0 Å². The summed E-state index contributed by atoms with van der Waals surface area (Å²) in [5, 5.41) is 4.25. The minimum absolute atomic E-state index is 0.190. The highest BCUT2D eigenvalue weighted by molar-refractivity contribution is 5.81. The van der Waals surface area contributed by atoms with Crippen molar-refractivity contribution in [3.05, 3.63) is 35.9 Å². The van der Waals surface area contributed by atoms with Crippen molar-refractivity contribution in [2.24, 2.45) is 0 Å². The second-order valence-corrected chi connectivity index (χ2v) is 5.10. The van der Waals surface area contributed by atoms with Crippen molar-refractivity contribution in [1.29, 1.82) is 0 Å². The lowest BCUT2D eigenvalue weighted by atomic mass is 9.86. The van der Waals surface area contributed by atoms with Gasteiger partial charge in [0.15, 0.2) is 0 Å². The number of anilines is 1. The molecule has 1 heterocycles. The van der Waals surface area contributed by atoms with Crippen LogP contribution in [0.3, 0.4) is 0 Å². The second-order valence-electron chi connectivity index (χ2n) is 5.10. The molecule has 0 aliphatic heterocycles. The molecule has 2 aromatic rings. The first-order valence-electron chi connectivity index (χ1n) is 5.60. The Hall–Kier alpha value is -1.57. The minimum atomic E-state index is 0.190. The molecule has 0 fully saturated rings. The molecular formula is C14H18N2. The maximum absolute atomic E-state index is 4.51. The predicted octanol–water partition coefficient (Wildman–Crippen LogP) is 3.57. The summed E-state index contributed by atoms with van der Waals surface area (Å²) >= 11 is 0. The van der Waals surface area contributed by atoms with Crippen LogP contribution in [0.25, 0.3) is 10.9 Å². The molecule has 0 radical (unpaired) electrons. The van der Waals surface area contributed by atoms with Gasteiger partial charge in [0, 0.05) is 12.4 Å². The van der Waals surface area contributed by atoms with Gasteiger partial charge in [-0.25, -0.2) is 4.98 Å². The Labute approximate surface area is 96.7 Å². The first-order valence-corrected chi connectivity index (χ1v) is 5.60. The molecule has 0 spiro atoms. The monoisotopic (exact) mass is 214 g/mol. The SMILES string of the molecule is CNc1ccc2cc(C(C)(C)C)ccc2n1. The number of nitrogens with zero attached hydrogens (tertiary/aromatic N) is 1. The first-order chi connectivity index (χ1) is 7.50. The van der Waals surface area contributed by atoms with Gasteiger partial charge in [-0.3, -0.25) is 0 Å². The van der Waals surface area contributed by atoms with Crippen molar-refractivity contribution in [1.82, 2.24) is 4.98 Å². The average Bonchev–Trinajstić information content (AvgIpc) is 2.26. The molecule has 0 aliphatic carbocycles. The summed E-state index contributed by atoms with van der Waals surface area (Å²) in [6.07, 6.45) is 0. The van der Waals surface area contributed by atoms with Crippen LogP contribution in [0, 0.1) is 0 Å². The lowest BCUT2D eigenvalue weighted by Crippen LogP contribution is -2.10. The summed E-state index contributed by atoms with van der Waals surface area (Å²) in [6.45, 7) is 6.68. The number of hydrogen-bond acceptors (Lipinski definition) is 2. The highest BCUT2D eigenvalue weighted by Crippen LogP contribution is 2.25. The molecule has 0 saturated carbocycles. The lowest BCUT2D eigenvalue weighted by Gasteiger charge is -2.19. The molecule has 0 bridgehead atoms. The van der Waals surface area contributed by atoms with E-state index in [9.17, 15) is 0 Å². The van der Waals surface area contributed by atoms with Crippen LogP contribution in [0.15, 0.2) is 30.3 Å². The summed E-state index contributed by atoms with van der Waals surface area (Å²) in [6, 6.07) is 10.6. The van der Waals surface area contributed by atoms with Gasteiger partial charge in [0.25, 0.3) is 0 Å². The first kappa shape index (κ1) is 10.9. The van der Waals surface area contributed by atoms with Gasteiger partial charge < -0.3 is 5.32 Å². The van der Waals surface area contributed by atoms with Crippen molar-refractivity contribution >= 4 is 16.7 Å². The van der Waals surface area contributed by atoms with E-state index in [0.717, 1.165) is 11.3 Å². The Morgan fingerprint density at radius 1 is 1.06 bits per heavy atom. The fourth-order valence-corrected chi connectivity index (χ4v) is 1.73. The highest BCUT2D eigenvalue weighted by Gasteiger charge is 2.13. The fraction of sp³-hybridized carbons (Fsp3) is 0.357. The second kappa shape index (κ2) is 3.78. The van der Waals surface area contributed by atoms with E-state index in [1.807, 2.05) is 13.1 Å². The number of nitrogens with one attached hydrogen (secondary N) is 1. The molecule has 0 aliphatic rings. The van der Waals surface area contributed by atoms with Crippen LogP contribution in [0.4, 0.5) is 5.82 Å². The Balaban J connectivity index is 2.56. The quantitative estimate of drug-likeness (QED) is 0.785. The zero-order valence-electron chi connectivity index (χ0n) is 10.3. The van der Waals surface area contributed by atoms with Crippen LogP contribution >= 0.6 is 0 Å². The number of benzene rings is 1. The Bertz CT molecular complexity index is 510. The van der Waals surface area contributed by atoms with Gasteiger partial charge in [-0.05, 0) is 35.2 Å². The molecule has 84 valence electrons. The van der Waals surface area contributed by atoms with E-state index in [4.69, 9.17) is 0 Å². The van der Waals surface area contributed by atoms with E-state index in [2.05, 4.69) is 55.3 Å². The number of rotatable bonds is 1. The van der Waals surface area contributed by atoms with E-state index >= 15 is 0 Å². The minimum Gasteiger partial charge on any atom is -0.373 e. The standard InChI is InChI=1S/C14H18N2/c1-14(2,3)11-6-7-12-10(9-11)5-8-13(15-4)16-12/h5-9H,1-4H3,(H,15,16). The van der Waals surface area contributed by atoms with E-state index in [1.165, 1.54) is 10.9 Å². The zero-order valence-corrected chi connectivity index (χ0v) is 10.3. The van der Waals surface area contributed by atoms with Gasteiger partial charge in [0.05, 0.1) is 5.52 Å². The van der Waals surface area contributed by atoms with E-state index < -0.39 is 0 Å². The summed E-state index contributed by atoms with van der Waals surface area (Å²) in [5.74, 6) is 0.913. The smallest absolute Gasteiger partial charge is 0.126 e. The molecule has 2 heteroatoms. The van der Waals surface area contributed by atoms with Gasteiger partial charge in [0.1, 0.15) is 5.82 Å². The van der Waals surface area contributed by atoms with Gasteiger partial charge in [-0.1, -0.05) is 26.8 Å². The summed E-state index contributed by atoms with van der Waals surface area (Å²) < 4.78 is 0. The van der Waals surface area contributed by atoms with Crippen LogP contribution in [-0.2, 0) is 5.41 Å². The molecule has 1 aromatic heterocycles. The Kier molecular flexibility index (Phi) is 2.58. The molecule has 1 N–H and O–H groups in total. The van der Waals surface area contributed by atoms with Crippen molar-refractivity contribution in [3.63, 3.8) is 0 Å². The molecule has 2 rings (SSSR count). The molecule has 0 amide bonds. The third-order valence-corrected chi connectivity index (χ3v) is 2.81. The van der Waals surface area contributed by atoms with Crippen LogP contribution in [0.2, 0.25) is 0 Å². The maximum Gasteiger partial charge on any atom is 0.126 e. The summed E-state index contributed by atoms with van der Waals surface area (Å²) in [7, 11) is 1.89. The largest absolute Gasteiger partial charge is 0.373 e. The van der Waals surface area contributed by atoms with Crippen molar-refractivity contribution < 1.29 is 0 Å². The number of hydrogen-bond donors (Lipinski definition) is 1. The maximum atomic E-state index is 4.51. The molecule has 0 unspecified atom stereocenters. The number of pyridine rings is 1. The molecule has 0 atom stereocenters. The topological polar surface area (TPSA) is 24.9 Å². The third-order valence-electron chi connectivity index (χ3n) is 2.81. The normalized spacial score (nSPS) is 11.8. The summed E-state index contributed by atoms with van der Waals surface area (Å²) in [5.41, 5.74) is 2.58. The predicted molar refractivity (Wildman–Crippen MR) is 70.0 cm³/mol. The highest BCUT2D eigenvalue weighted by atomic mass is 15.0. The summed E-state index contributed by atoms with van der Waals surface area (Å²) in [4.78, 5) is 4.51. The van der Waals surface area contributed by atoms with E-state index in [0.29, 0.717) is 0 Å². The molecule has 0 saturated heterocycles. The fourth-order valence-electron chi connectivity index (χ4n) is 1.73. The molecule has 1 aromatic carbocycles. The van der Waals surface area contributed by atoms with Crippen LogP contribution < -0.4 is 5.32 Å². The molecular weight excluding hydrogens is 196 g/mol. The van der Waals surface area contributed by atoms with Crippen LogP contribution in [0.5, 0.6) is 0 Å². The van der Waals surface area contributed by atoms with Gasteiger partial charge >= 0.3 is 0 Å². The van der Waals surface area contributed by atoms with Crippen LogP contribution in [0.1, 0.15) is 26.3 Å².